The maximum absolute atomic E-state index is 12.4. The summed E-state index contributed by atoms with van der Waals surface area (Å²) in [6.07, 6.45) is 6.59. The predicted molar refractivity (Wildman–Crippen MR) is 108 cm³/mol. The molecule has 0 atom stereocenters. The number of halogens is 1. The zero-order valence-electron chi connectivity index (χ0n) is 16.0. The number of benzene rings is 1. The maximum Gasteiger partial charge on any atom is 0.189 e. The third kappa shape index (κ3) is 4.37. The summed E-state index contributed by atoms with van der Waals surface area (Å²) < 4.78 is 3.52. The molecule has 140 valence electrons. The first-order valence-electron chi connectivity index (χ1n) is 8.90. The highest BCUT2D eigenvalue weighted by Gasteiger charge is 2.13. The lowest BCUT2D eigenvalue weighted by atomic mass is 10.1. The second-order valence-corrected chi connectivity index (χ2v) is 7.29. The number of hydrogen-bond acceptors (Lipinski definition) is 3. The highest BCUT2D eigenvalue weighted by atomic mass is 35.5. The molecule has 3 aromatic rings. The van der Waals surface area contributed by atoms with Gasteiger partial charge in [0.15, 0.2) is 5.78 Å². The Morgan fingerprint density at radius 2 is 1.93 bits per heavy atom. The van der Waals surface area contributed by atoms with Crippen LogP contribution in [0.1, 0.15) is 52.6 Å². The molecule has 1 aromatic carbocycles. The van der Waals surface area contributed by atoms with Crippen LogP contribution in [0.5, 0.6) is 0 Å². The van der Waals surface area contributed by atoms with Crippen molar-refractivity contribution in [3.05, 3.63) is 75.8 Å². The Hall–Kier alpha value is -2.66. The third-order valence-corrected chi connectivity index (χ3v) is 4.78. The van der Waals surface area contributed by atoms with Crippen LogP contribution in [0.3, 0.4) is 0 Å². The molecule has 0 N–H and O–H groups in total. The Bertz CT molecular complexity index is 980. The number of carbonyl (C=O) groups excluding carboxylic acids is 1. The van der Waals surface area contributed by atoms with Crippen molar-refractivity contribution in [1.82, 2.24) is 19.6 Å². The smallest absolute Gasteiger partial charge is 0.189 e. The van der Waals surface area contributed by atoms with Gasteiger partial charge < -0.3 is 0 Å². The first kappa shape index (κ1) is 19.1. The van der Waals surface area contributed by atoms with Crippen LogP contribution >= 0.6 is 11.6 Å². The average molecular weight is 383 g/mol. The van der Waals surface area contributed by atoms with Gasteiger partial charge in [-0.3, -0.25) is 9.48 Å². The molecule has 6 heteroatoms. The summed E-state index contributed by atoms with van der Waals surface area (Å²) in [5.41, 5.74) is 4.44. The standard InChI is InChI=1S/C21H23ClN4O/c1-14(2)25-13-18(11-23-25)20(27)10-9-19-16(4)24-26(21(19)22)12-17-7-5-15(3)6-8-17/h5-11,13-14H,12H2,1-4H3/b10-9+. The number of allylic oxidation sites excluding steroid dienone is 1. The molecule has 0 amide bonds. The monoisotopic (exact) mass is 382 g/mol. The Morgan fingerprint density at radius 3 is 2.56 bits per heavy atom. The largest absolute Gasteiger partial charge is 0.289 e. The average Bonchev–Trinajstić information content (AvgIpc) is 3.22. The number of hydrogen-bond donors (Lipinski definition) is 0. The van der Waals surface area contributed by atoms with E-state index in [1.807, 2.05) is 20.8 Å². The number of ketones is 1. The first-order valence-corrected chi connectivity index (χ1v) is 9.28. The van der Waals surface area contributed by atoms with Gasteiger partial charge in [0, 0.05) is 17.8 Å². The van der Waals surface area contributed by atoms with E-state index in [1.165, 1.54) is 11.6 Å². The topological polar surface area (TPSA) is 52.7 Å². The Labute approximate surface area is 164 Å². The molecule has 0 unspecified atom stereocenters. The molecule has 0 radical (unpaired) electrons. The molecule has 0 aliphatic rings. The van der Waals surface area contributed by atoms with Crippen LogP contribution in [0.25, 0.3) is 6.08 Å². The van der Waals surface area contributed by atoms with Crippen LogP contribution in [-0.2, 0) is 6.54 Å². The molecule has 27 heavy (non-hydrogen) atoms. The third-order valence-electron chi connectivity index (χ3n) is 4.38. The molecule has 0 bridgehead atoms. The molecule has 0 aliphatic carbocycles. The lowest BCUT2D eigenvalue weighted by molar-refractivity contribution is 0.104. The molecule has 2 heterocycles. The number of rotatable bonds is 6. The minimum atomic E-state index is -0.108. The minimum absolute atomic E-state index is 0.108. The van der Waals surface area contributed by atoms with Gasteiger partial charge in [-0.2, -0.15) is 10.2 Å². The van der Waals surface area contributed by atoms with E-state index in [2.05, 4.69) is 41.4 Å². The number of aryl methyl sites for hydroxylation is 2. The zero-order chi connectivity index (χ0) is 19.6. The van der Waals surface area contributed by atoms with Crippen molar-refractivity contribution in [3.8, 4) is 0 Å². The Kier molecular flexibility index (Phi) is 5.61. The zero-order valence-corrected chi connectivity index (χ0v) is 16.7. The van der Waals surface area contributed by atoms with E-state index in [4.69, 9.17) is 11.6 Å². The molecule has 0 saturated carbocycles. The normalized spacial score (nSPS) is 11.6. The maximum atomic E-state index is 12.4. The Morgan fingerprint density at radius 1 is 1.22 bits per heavy atom. The highest BCUT2D eigenvalue weighted by Crippen LogP contribution is 2.23. The van der Waals surface area contributed by atoms with Gasteiger partial charge in [-0.25, -0.2) is 4.68 Å². The van der Waals surface area contributed by atoms with E-state index in [1.54, 1.807) is 27.8 Å². The van der Waals surface area contributed by atoms with Gasteiger partial charge in [-0.1, -0.05) is 41.4 Å². The summed E-state index contributed by atoms with van der Waals surface area (Å²) in [6.45, 7) is 8.56. The van der Waals surface area contributed by atoms with Gasteiger partial charge in [0.1, 0.15) is 5.15 Å². The fraction of sp³-hybridized carbons (Fsp3) is 0.286. The predicted octanol–water partition coefficient (Wildman–Crippen LogP) is 4.88. The van der Waals surface area contributed by atoms with E-state index in [0.29, 0.717) is 17.3 Å². The molecule has 0 saturated heterocycles. The molecule has 5 nitrogen and oxygen atoms in total. The van der Waals surface area contributed by atoms with E-state index in [0.717, 1.165) is 16.8 Å². The first-order chi connectivity index (χ1) is 12.8. The lowest BCUT2D eigenvalue weighted by Gasteiger charge is -2.04. The summed E-state index contributed by atoms with van der Waals surface area (Å²) in [5.74, 6) is -0.108. The van der Waals surface area contributed by atoms with Crippen molar-refractivity contribution < 1.29 is 4.79 Å². The van der Waals surface area contributed by atoms with E-state index < -0.39 is 0 Å². The lowest BCUT2D eigenvalue weighted by Crippen LogP contribution is -2.02. The minimum Gasteiger partial charge on any atom is -0.289 e. The molecule has 2 aromatic heterocycles. The quantitative estimate of drug-likeness (QED) is 0.451. The van der Waals surface area contributed by atoms with Crippen molar-refractivity contribution in [3.63, 3.8) is 0 Å². The van der Waals surface area contributed by atoms with Gasteiger partial charge >= 0.3 is 0 Å². The number of nitrogens with zero attached hydrogens (tertiary/aromatic N) is 4. The van der Waals surface area contributed by atoms with Gasteiger partial charge in [0.05, 0.1) is 24.0 Å². The van der Waals surface area contributed by atoms with E-state index >= 15 is 0 Å². The van der Waals surface area contributed by atoms with Crippen molar-refractivity contribution in [2.75, 3.05) is 0 Å². The van der Waals surface area contributed by atoms with Gasteiger partial charge in [-0.15, -0.1) is 0 Å². The molecule has 0 aliphatic heterocycles. The second-order valence-electron chi connectivity index (χ2n) is 6.93. The fourth-order valence-corrected chi connectivity index (χ4v) is 3.03. The molecule has 0 spiro atoms. The summed E-state index contributed by atoms with van der Waals surface area (Å²) in [7, 11) is 0. The fourth-order valence-electron chi connectivity index (χ4n) is 2.73. The van der Waals surface area contributed by atoms with Gasteiger partial charge in [0.2, 0.25) is 0 Å². The number of aromatic nitrogens is 4. The van der Waals surface area contributed by atoms with Crippen molar-refractivity contribution in [2.45, 2.75) is 40.3 Å². The van der Waals surface area contributed by atoms with Crippen LogP contribution in [0.4, 0.5) is 0 Å². The summed E-state index contributed by atoms with van der Waals surface area (Å²) in [5, 5.41) is 9.24. The van der Waals surface area contributed by atoms with Crippen LogP contribution in [0, 0.1) is 13.8 Å². The summed E-state index contributed by atoms with van der Waals surface area (Å²) in [6, 6.07) is 8.47. The molecular weight excluding hydrogens is 360 g/mol. The summed E-state index contributed by atoms with van der Waals surface area (Å²) >= 11 is 6.51. The molecule has 0 fully saturated rings. The van der Waals surface area contributed by atoms with Crippen LogP contribution in [-0.4, -0.2) is 25.3 Å². The molecular formula is C21H23ClN4O. The number of carbonyl (C=O) groups is 1. The highest BCUT2D eigenvalue weighted by molar-refractivity contribution is 6.31. The van der Waals surface area contributed by atoms with Gasteiger partial charge in [0.25, 0.3) is 0 Å². The molecule has 3 rings (SSSR count). The van der Waals surface area contributed by atoms with Crippen molar-refractivity contribution in [2.24, 2.45) is 0 Å². The Balaban J connectivity index is 1.78. The SMILES string of the molecule is Cc1ccc(Cn2nc(C)c(/C=C/C(=O)c3cnn(C(C)C)c3)c2Cl)cc1. The van der Waals surface area contributed by atoms with Crippen LogP contribution in [0.15, 0.2) is 42.7 Å². The van der Waals surface area contributed by atoms with Gasteiger partial charge in [-0.05, 0) is 45.4 Å². The van der Waals surface area contributed by atoms with Crippen LogP contribution < -0.4 is 0 Å². The van der Waals surface area contributed by atoms with E-state index in [9.17, 15) is 4.79 Å². The van der Waals surface area contributed by atoms with Crippen molar-refractivity contribution in [1.29, 1.82) is 0 Å². The second kappa shape index (κ2) is 7.92. The van der Waals surface area contributed by atoms with E-state index in [-0.39, 0.29) is 11.8 Å². The van der Waals surface area contributed by atoms with Crippen molar-refractivity contribution >= 4 is 23.5 Å². The summed E-state index contributed by atoms with van der Waals surface area (Å²) in [4.78, 5) is 12.4. The van der Waals surface area contributed by atoms with Crippen LogP contribution in [0.2, 0.25) is 5.15 Å².